The fourth-order valence-electron chi connectivity index (χ4n) is 2.75. The Hall–Kier alpha value is -2.27. The van der Waals surface area contributed by atoms with Crippen LogP contribution in [0.4, 0.5) is 0 Å². The standard InChI is InChI=1S/C17H21N3O2/c1-11(2)9-22-17-12(5-4-6-14(17)21-3)15-16-13(7-8-18-15)19-10-20-16/h4-6,10,15,18H,1,7-9H2,2-3H3,(H,19,20). The van der Waals surface area contributed by atoms with Gasteiger partial charge in [-0.3, -0.25) is 0 Å². The lowest BCUT2D eigenvalue weighted by Crippen LogP contribution is -2.31. The fourth-order valence-corrected chi connectivity index (χ4v) is 2.75. The lowest BCUT2D eigenvalue weighted by molar-refractivity contribution is 0.313. The number of aromatic nitrogens is 2. The van der Waals surface area contributed by atoms with Crippen LogP contribution in [0, 0.1) is 0 Å². The van der Waals surface area contributed by atoms with Gasteiger partial charge < -0.3 is 19.8 Å². The molecule has 2 aromatic rings. The summed E-state index contributed by atoms with van der Waals surface area (Å²) in [5, 5.41) is 3.52. The summed E-state index contributed by atoms with van der Waals surface area (Å²) in [5.41, 5.74) is 4.21. The second-order valence-corrected chi connectivity index (χ2v) is 5.53. The van der Waals surface area contributed by atoms with Crippen molar-refractivity contribution in [1.82, 2.24) is 15.3 Å². The number of hydrogen-bond donors (Lipinski definition) is 2. The van der Waals surface area contributed by atoms with Crippen LogP contribution in [0.2, 0.25) is 0 Å². The van der Waals surface area contributed by atoms with Crippen LogP contribution in [-0.4, -0.2) is 30.2 Å². The van der Waals surface area contributed by atoms with E-state index in [1.807, 2.05) is 19.1 Å². The Balaban J connectivity index is 2.02. The quantitative estimate of drug-likeness (QED) is 0.833. The molecular formula is C17H21N3O2. The number of H-pyrrole nitrogens is 1. The Labute approximate surface area is 130 Å². The van der Waals surface area contributed by atoms with E-state index in [9.17, 15) is 0 Å². The van der Waals surface area contributed by atoms with Crippen LogP contribution in [0.1, 0.15) is 29.9 Å². The molecule has 22 heavy (non-hydrogen) atoms. The Kier molecular flexibility index (Phi) is 4.15. The van der Waals surface area contributed by atoms with E-state index in [0.717, 1.165) is 41.3 Å². The van der Waals surface area contributed by atoms with Crippen molar-refractivity contribution in [3.63, 3.8) is 0 Å². The van der Waals surface area contributed by atoms with Crippen molar-refractivity contribution in [2.75, 3.05) is 20.3 Å². The maximum atomic E-state index is 5.96. The molecule has 5 heteroatoms. The number of methoxy groups -OCH3 is 1. The van der Waals surface area contributed by atoms with Gasteiger partial charge in [-0.1, -0.05) is 18.7 Å². The fraction of sp³-hybridized carbons (Fsp3) is 0.353. The zero-order valence-electron chi connectivity index (χ0n) is 13.0. The van der Waals surface area contributed by atoms with Gasteiger partial charge in [-0.05, 0) is 18.6 Å². The molecule has 1 unspecified atom stereocenters. The highest BCUT2D eigenvalue weighted by atomic mass is 16.5. The Bertz CT molecular complexity index is 678. The molecule has 5 nitrogen and oxygen atoms in total. The molecule has 2 heterocycles. The number of fused-ring (bicyclic) bond motifs is 1. The SMILES string of the molecule is C=C(C)COc1c(OC)cccc1C1NCCc2[nH]cnc21. The normalized spacial score (nSPS) is 16.9. The van der Waals surface area contributed by atoms with Gasteiger partial charge >= 0.3 is 0 Å². The average molecular weight is 299 g/mol. The van der Waals surface area contributed by atoms with E-state index in [1.165, 1.54) is 5.69 Å². The summed E-state index contributed by atoms with van der Waals surface area (Å²) < 4.78 is 11.4. The first kappa shape index (κ1) is 14.7. The number of para-hydroxylation sites is 1. The summed E-state index contributed by atoms with van der Waals surface area (Å²) in [7, 11) is 1.65. The van der Waals surface area contributed by atoms with Crippen LogP contribution < -0.4 is 14.8 Å². The van der Waals surface area contributed by atoms with E-state index in [4.69, 9.17) is 9.47 Å². The van der Waals surface area contributed by atoms with Crippen molar-refractivity contribution in [2.24, 2.45) is 0 Å². The summed E-state index contributed by atoms with van der Waals surface area (Å²) in [6, 6.07) is 5.94. The van der Waals surface area contributed by atoms with E-state index in [2.05, 4.69) is 27.9 Å². The first-order chi connectivity index (χ1) is 10.7. The van der Waals surface area contributed by atoms with Crippen LogP contribution in [0.25, 0.3) is 0 Å². The summed E-state index contributed by atoms with van der Waals surface area (Å²) in [5.74, 6) is 1.48. The van der Waals surface area contributed by atoms with Crippen molar-refractivity contribution in [3.8, 4) is 11.5 Å². The number of imidazole rings is 1. The first-order valence-corrected chi connectivity index (χ1v) is 7.40. The summed E-state index contributed by atoms with van der Waals surface area (Å²) in [6.45, 7) is 7.21. The van der Waals surface area contributed by atoms with Gasteiger partial charge in [0.15, 0.2) is 11.5 Å². The van der Waals surface area contributed by atoms with Crippen LogP contribution in [0.3, 0.4) is 0 Å². The predicted molar refractivity (Wildman–Crippen MR) is 85.4 cm³/mol. The van der Waals surface area contributed by atoms with Crippen molar-refractivity contribution >= 4 is 0 Å². The Morgan fingerprint density at radius 2 is 2.32 bits per heavy atom. The Morgan fingerprint density at radius 1 is 1.45 bits per heavy atom. The number of benzene rings is 1. The number of nitrogens with one attached hydrogen (secondary N) is 2. The molecule has 0 bridgehead atoms. The second kappa shape index (κ2) is 6.23. The molecular weight excluding hydrogens is 278 g/mol. The number of nitrogens with zero attached hydrogens (tertiary/aromatic N) is 1. The van der Waals surface area contributed by atoms with Gasteiger partial charge in [-0.2, -0.15) is 0 Å². The van der Waals surface area contributed by atoms with Crippen LogP contribution in [-0.2, 0) is 6.42 Å². The van der Waals surface area contributed by atoms with E-state index >= 15 is 0 Å². The zero-order chi connectivity index (χ0) is 15.5. The van der Waals surface area contributed by atoms with E-state index in [-0.39, 0.29) is 6.04 Å². The van der Waals surface area contributed by atoms with Gasteiger partial charge in [-0.25, -0.2) is 4.98 Å². The van der Waals surface area contributed by atoms with Crippen LogP contribution >= 0.6 is 0 Å². The number of aromatic amines is 1. The molecule has 116 valence electrons. The van der Waals surface area contributed by atoms with Gasteiger partial charge in [-0.15, -0.1) is 0 Å². The summed E-state index contributed by atoms with van der Waals surface area (Å²) >= 11 is 0. The number of ether oxygens (including phenoxy) is 2. The molecule has 0 aliphatic carbocycles. The van der Waals surface area contributed by atoms with E-state index in [1.54, 1.807) is 13.4 Å². The highest BCUT2D eigenvalue weighted by molar-refractivity contribution is 5.51. The molecule has 0 spiro atoms. The molecule has 0 saturated carbocycles. The minimum atomic E-state index is 0.00483. The van der Waals surface area contributed by atoms with Crippen molar-refractivity contribution in [2.45, 2.75) is 19.4 Å². The largest absolute Gasteiger partial charge is 0.493 e. The number of rotatable bonds is 5. The molecule has 3 rings (SSSR count). The molecule has 1 aromatic carbocycles. The minimum Gasteiger partial charge on any atom is -0.493 e. The molecule has 0 amide bonds. The third-order valence-corrected chi connectivity index (χ3v) is 3.75. The third-order valence-electron chi connectivity index (χ3n) is 3.75. The van der Waals surface area contributed by atoms with E-state index in [0.29, 0.717) is 6.61 Å². The molecule has 0 saturated heterocycles. The summed E-state index contributed by atoms with van der Waals surface area (Å²) in [6.07, 6.45) is 2.71. The highest BCUT2D eigenvalue weighted by Crippen LogP contribution is 2.38. The molecule has 0 radical (unpaired) electrons. The lowest BCUT2D eigenvalue weighted by Gasteiger charge is -2.26. The van der Waals surface area contributed by atoms with Gasteiger partial charge in [0, 0.05) is 24.2 Å². The predicted octanol–water partition coefficient (Wildman–Crippen LogP) is 2.61. The van der Waals surface area contributed by atoms with Gasteiger partial charge in [0.2, 0.25) is 0 Å². The maximum absolute atomic E-state index is 5.96. The molecule has 1 aromatic heterocycles. The van der Waals surface area contributed by atoms with Crippen molar-refractivity contribution in [3.05, 3.63) is 53.6 Å². The van der Waals surface area contributed by atoms with Gasteiger partial charge in [0.1, 0.15) is 6.61 Å². The maximum Gasteiger partial charge on any atom is 0.166 e. The monoisotopic (exact) mass is 299 g/mol. The van der Waals surface area contributed by atoms with Crippen LogP contribution in [0.5, 0.6) is 11.5 Å². The third kappa shape index (κ3) is 2.72. The highest BCUT2D eigenvalue weighted by Gasteiger charge is 2.27. The number of hydrogen-bond acceptors (Lipinski definition) is 4. The first-order valence-electron chi connectivity index (χ1n) is 7.40. The van der Waals surface area contributed by atoms with E-state index < -0.39 is 0 Å². The molecule has 1 aliphatic rings. The molecule has 1 atom stereocenters. The Morgan fingerprint density at radius 3 is 3.09 bits per heavy atom. The molecule has 1 aliphatic heterocycles. The minimum absolute atomic E-state index is 0.00483. The smallest absolute Gasteiger partial charge is 0.166 e. The van der Waals surface area contributed by atoms with Gasteiger partial charge in [0.25, 0.3) is 0 Å². The van der Waals surface area contributed by atoms with Crippen LogP contribution in [0.15, 0.2) is 36.7 Å². The second-order valence-electron chi connectivity index (χ2n) is 5.53. The van der Waals surface area contributed by atoms with Crippen molar-refractivity contribution in [1.29, 1.82) is 0 Å². The van der Waals surface area contributed by atoms with Crippen molar-refractivity contribution < 1.29 is 9.47 Å². The molecule has 0 fully saturated rings. The average Bonchev–Trinajstić information content (AvgIpc) is 3.01. The lowest BCUT2D eigenvalue weighted by atomic mass is 9.97. The topological polar surface area (TPSA) is 59.2 Å². The summed E-state index contributed by atoms with van der Waals surface area (Å²) in [4.78, 5) is 7.69. The van der Waals surface area contributed by atoms with Gasteiger partial charge in [0.05, 0.1) is 25.2 Å². The molecule has 2 N–H and O–H groups in total. The zero-order valence-corrected chi connectivity index (χ0v) is 13.0.